The maximum atomic E-state index is 5.14. The van der Waals surface area contributed by atoms with Crippen LogP contribution in [0.4, 0.5) is 0 Å². The fourth-order valence-electron chi connectivity index (χ4n) is 0.929. The molecule has 11 heavy (non-hydrogen) atoms. The normalized spacial score (nSPS) is 24.3. The number of ether oxygens (including phenoxy) is 2. The average Bonchev–Trinajstić information content (AvgIpc) is 2.50. The van der Waals surface area contributed by atoms with Crippen LogP contribution in [0.25, 0.3) is 0 Å². The van der Waals surface area contributed by atoms with Crippen molar-refractivity contribution in [2.75, 3.05) is 33.5 Å². The highest BCUT2D eigenvalue weighted by Crippen LogP contribution is 2.02. The van der Waals surface area contributed by atoms with Crippen LogP contribution in [0.15, 0.2) is 0 Å². The largest absolute Gasteiger partial charge is 0.382 e. The van der Waals surface area contributed by atoms with Gasteiger partial charge in [-0.05, 0) is 6.42 Å². The van der Waals surface area contributed by atoms with Crippen molar-refractivity contribution in [1.82, 2.24) is 5.48 Å². The van der Waals surface area contributed by atoms with E-state index in [2.05, 4.69) is 5.48 Å². The maximum Gasteiger partial charge on any atom is 0.0916 e. The van der Waals surface area contributed by atoms with Crippen LogP contribution in [0, 0.1) is 0 Å². The van der Waals surface area contributed by atoms with Gasteiger partial charge in [-0.1, -0.05) is 0 Å². The number of rotatable bonds is 5. The summed E-state index contributed by atoms with van der Waals surface area (Å²) < 4.78 is 9.95. The van der Waals surface area contributed by atoms with Crippen molar-refractivity contribution < 1.29 is 14.3 Å². The van der Waals surface area contributed by atoms with Gasteiger partial charge in [0.05, 0.1) is 25.9 Å². The summed E-state index contributed by atoms with van der Waals surface area (Å²) in [6.07, 6.45) is 1.03. The first-order valence-corrected chi connectivity index (χ1v) is 3.87. The van der Waals surface area contributed by atoms with Crippen LogP contribution in [0.2, 0.25) is 0 Å². The minimum Gasteiger partial charge on any atom is -0.382 e. The summed E-state index contributed by atoms with van der Waals surface area (Å²) in [6, 6.07) is 0.367. The number of hydroxylamine groups is 1. The molecule has 0 amide bonds. The molecular weight excluding hydrogens is 146 g/mol. The quantitative estimate of drug-likeness (QED) is 0.453. The van der Waals surface area contributed by atoms with Gasteiger partial charge in [-0.15, -0.1) is 0 Å². The molecule has 1 aliphatic rings. The van der Waals surface area contributed by atoms with Gasteiger partial charge in [0, 0.05) is 13.7 Å². The van der Waals surface area contributed by atoms with E-state index in [1.54, 1.807) is 7.11 Å². The topological polar surface area (TPSA) is 39.7 Å². The second kappa shape index (κ2) is 5.49. The van der Waals surface area contributed by atoms with Crippen LogP contribution >= 0.6 is 0 Å². The van der Waals surface area contributed by atoms with Crippen molar-refractivity contribution >= 4 is 0 Å². The van der Waals surface area contributed by atoms with Crippen LogP contribution in [0.3, 0.4) is 0 Å². The standard InChI is InChI=1S/C7H15NO3/c1-9-4-5-11-8-7-2-3-10-6-7/h7-8H,2-6H2,1H3. The Labute approximate surface area is 66.8 Å². The van der Waals surface area contributed by atoms with Crippen molar-refractivity contribution in [2.45, 2.75) is 12.5 Å². The van der Waals surface area contributed by atoms with Crippen molar-refractivity contribution in [3.8, 4) is 0 Å². The lowest BCUT2D eigenvalue weighted by atomic mass is 10.3. The molecule has 0 aliphatic carbocycles. The minimum absolute atomic E-state index is 0.367. The van der Waals surface area contributed by atoms with Gasteiger partial charge >= 0.3 is 0 Å². The zero-order chi connectivity index (χ0) is 7.94. The van der Waals surface area contributed by atoms with E-state index in [-0.39, 0.29) is 0 Å². The molecule has 0 aromatic rings. The number of hydrogen-bond acceptors (Lipinski definition) is 4. The molecule has 4 nitrogen and oxygen atoms in total. The molecule has 0 aromatic carbocycles. The summed E-state index contributed by atoms with van der Waals surface area (Å²) in [7, 11) is 1.65. The summed E-state index contributed by atoms with van der Waals surface area (Å²) in [5.41, 5.74) is 2.91. The lowest BCUT2D eigenvalue weighted by Gasteiger charge is -2.09. The summed E-state index contributed by atoms with van der Waals surface area (Å²) in [4.78, 5) is 5.10. The highest BCUT2D eigenvalue weighted by Gasteiger charge is 2.14. The average molecular weight is 161 g/mol. The van der Waals surface area contributed by atoms with E-state index in [1.165, 1.54) is 0 Å². The van der Waals surface area contributed by atoms with Crippen LogP contribution in [-0.2, 0) is 14.3 Å². The third-order valence-electron chi connectivity index (χ3n) is 1.57. The predicted molar refractivity (Wildman–Crippen MR) is 40.2 cm³/mol. The molecule has 1 aliphatic heterocycles. The fourth-order valence-corrected chi connectivity index (χ4v) is 0.929. The lowest BCUT2D eigenvalue weighted by molar-refractivity contribution is -0.0131. The number of nitrogens with one attached hydrogen (secondary N) is 1. The summed E-state index contributed by atoms with van der Waals surface area (Å²) in [5, 5.41) is 0. The third kappa shape index (κ3) is 3.67. The van der Waals surface area contributed by atoms with Gasteiger partial charge in [0.2, 0.25) is 0 Å². The van der Waals surface area contributed by atoms with Gasteiger partial charge in [0.15, 0.2) is 0 Å². The van der Waals surface area contributed by atoms with E-state index < -0.39 is 0 Å². The third-order valence-corrected chi connectivity index (χ3v) is 1.57. The van der Waals surface area contributed by atoms with Gasteiger partial charge in [-0.2, -0.15) is 5.48 Å². The molecule has 1 fully saturated rings. The Bertz CT molecular complexity index is 93.7. The fraction of sp³-hybridized carbons (Fsp3) is 1.00. The van der Waals surface area contributed by atoms with Gasteiger partial charge in [-0.25, -0.2) is 0 Å². The van der Waals surface area contributed by atoms with Gasteiger partial charge in [-0.3, -0.25) is 4.84 Å². The van der Waals surface area contributed by atoms with Crippen molar-refractivity contribution in [3.05, 3.63) is 0 Å². The second-order valence-corrected chi connectivity index (χ2v) is 2.52. The summed E-state index contributed by atoms with van der Waals surface area (Å²) >= 11 is 0. The zero-order valence-electron chi connectivity index (χ0n) is 6.84. The first-order valence-electron chi connectivity index (χ1n) is 3.87. The first-order chi connectivity index (χ1) is 5.43. The smallest absolute Gasteiger partial charge is 0.0916 e. The Morgan fingerprint density at radius 2 is 2.45 bits per heavy atom. The second-order valence-electron chi connectivity index (χ2n) is 2.52. The summed E-state index contributed by atoms with van der Waals surface area (Å²) in [6.45, 7) is 2.81. The van der Waals surface area contributed by atoms with E-state index in [0.717, 1.165) is 19.6 Å². The molecule has 0 aromatic heterocycles. The highest BCUT2D eigenvalue weighted by atomic mass is 16.7. The van der Waals surface area contributed by atoms with Crippen LogP contribution in [0.1, 0.15) is 6.42 Å². The molecule has 1 unspecified atom stereocenters. The Morgan fingerprint density at radius 1 is 1.55 bits per heavy atom. The molecular formula is C7H15NO3. The molecule has 0 bridgehead atoms. The van der Waals surface area contributed by atoms with Gasteiger partial charge < -0.3 is 9.47 Å². The van der Waals surface area contributed by atoms with Gasteiger partial charge in [0.25, 0.3) is 0 Å². The number of methoxy groups -OCH3 is 1. The molecule has 0 saturated carbocycles. The molecule has 0 spiro atoms. The molecule has 1 saturated heterocycles. The zero-order valence-corrected chi connectivity index (χ0v) is 6.84. The summed E-state index contributed by atoms with van der Waals surface area (Å²) in [5.74, 6) is 0. The van der Waals surface area contributed by atoms with Gasteiger partial charge in [0.1, 0.15) is 0 Å². The van der Waals surface area contributed by atoms with E-state index >= 15 is 0 Å². The van der Waals surface area contributed by atoms with Crippen LogP contribution in [-0.4, -0.2) is 39.6 Å². The Balaban J connectivity index is 1.86. The maximum absolute atomic E-state index is 5.14. The first kappa shape index (κ1) is 8.93. The Morgan fingerprint density at radius 3 is 3.09 bits per heavy atom. The van der Waals surface area contributed by atoms with E-state index in [4.69, 9.17) is 14.3 Å². The monoisotopic (exact) mass is 161 g/mol. The molecule has 1 rings (SSSR count). The van der Waals surface area contributed by atoms with E-state index in [0.29, 0.717) is 19.3 Å². The Hall–Kier alpha value is -0.160. The van der Waals surface area contributed by atoms with Crippen molar-refractivity contribution in [3.63, 3.8) is 0 Å². The minimum atomic E-state index is 0.367. The van der Waals surface area contributed by atoms with Crippen LogP contribution < -0.4 is 5.48 Å². The number of hydrogen-bond donors (Lipinski definition) is 1. The molecule has 4 heteroatoms. The van der Waals surface area contributed by atoms with Crippen molar-refractivity contribution in [2.24, 2.45) is 0 Å². The molecule has 66 valence electrons. The Kier molecular flexibility index (Phi) is 4.45. The predicted octanol–water partition coefficient (Wildman–Crippen LogP) is -0.0571. The van der Waals surface area contributed by atoms with Crippen LogP contribution in [0.5, 0.6) is 0 Å². The van der Waals surface area contributed by atoms with E-state index in [1.807, 2.05) is 0 Å². The molecule has 1 N–H and O–H groups in total. The van der Waals surface area contributed by atoms with E-state index in [9.17, 15) is 0 Å². The SMILES string of the molecule is COCCONC1CCOC1. The molecule has 1 heterocycles. The molecule has 1 atom stereocenters. The molecule has 0 radical (unpaired) electrons. The highest BCUT2D eigenvalue weighted by molar-refractivity contribution is 4.66. The lowest BCUT2D eigenvalue weighted by Crippen LogP contribution is -2.30. The van der Waals surface area contributed by atoms with Crippen molar-refractivity contribution in [1.29, 1.82) is 0 Å².